The van der Waals surface area contributed by atoms with Gasteiger partial charge in [-0.15, -0.1) is 10.2 Å². The summed E-state index contributed by atoms with van der Waals surface area (Å²) in [6.45, 7) is 0. The van der Waals surface area contributed by atoms with Gasteiger partial charge in [-0.25, -0.2) is 0 Å². The van der Waals surface area contributed by atoms with Crippen LogP contribution >= 0.6 is 23.4 Å². The summed E-state index contributed by atoms with van der Waals surface area (Å²) in [4.78, 5) is 20.5. The molecular formula is C15H9ClN4O5S. The van der Waals surface area contributed by atoms with E-state index in [1.807, 2.05) is 0 Å². The van der Waals surface area contributed by atoms with Crippen LogP contribution in [0, 0.1) is 20.2 Å². The lowest BCUT2D eigenvalue weighted by atomic mass is 10.2. The molecule has 0 aliphatic heterocycles. The van der Waals surface area contributed by atoms with E-state index in [-0.39, 0.29) is 28.2 Å². The summed E-state index contributed by atoms with van der Waals surface area (Å²) < 4.78 is 5.52. The summed E-state index contributed by atoms with van der Waals surface area (Å²) in [7, 11) is 0. The monoisotopic (exact) mass is 392 g/mol. The van der Waals surface area contributed by atoms with E-state index in [0.717, 1.165) is 17.8 Å². The molecule has 0 atom stereocenters. The fraction of sp³-hybridized carbons (Fsp3) is 0.0667. The number of non-ortho nitro benzene ring substituents is 2. The molecule has 0 spiro atoms. The summed E-state index contributed by atoms with van der Waals surface area (Å²) in [5.41, 5.74) is 0.362. The Balaban J connectivity index is 1.77. The van der Waals surface area contributed by atoms with Crippen LogP contribution in [0.25, 0.3) is 11.5 Å². The van der Waals surface area contributed by atoms with Crippen LogP contribution in [-0.2, 0) is 5.75 Å². The molecule has 0 aliphatic carbocycles. The molecule has 2 aromatic carbocycles. The van der Waals surface area contributed by atoms with Crippen molar-refractivity contribution in [3.05, 3.63) is 73.3 Å². The highest BCUT2D eigenvalue weighted by Crippen LogP contribution is 2.30. The molecule has 0 radical (unpaired) electrons. The normalized spacial score (nSPS) is 10.7. The molecule has 1 aromatic heterocycles. The van der Waals surface area contributed by atoms with Crippen LogP contribution in [0.15, 0.2) is 52.1 Å². The molecule has 0 amide bonds. The first-order chi connectivity index (χ1) is 12.4. The summed E-state index contributed by atoms with van der Waals surface area (Å²) in [6.07, 6.45) is 0. The van der Waals surface area contributed by atoms with E-state index >= 15 is 0 Å². The Hall–Kier alpha value is -2.98. The molecule has 11 heteroatoms. The highest BCUT2D eigenvalue weighted by molar-refractivity contribution is 7.98. The number of hydrogen-bond acceptors (Lipinski definition) is 8. The zero-order valence-corrected chi connectivity index (χ0v) is 14.4. The molecule has 0 fully saturated rings. The van der Waals surface area contributed by atoms with Gasteiger partial charge >= 0.3 is 0 Å². The molecule has 3 aromatic rings. The van der Waals surface area contributed by atoms with Crippen molar-refractivity contribution in [1.82, 2.24) is 10.2 Å². The average Bonchev–Trinajstić information content (AvgIpc) is 3.08. The highest BCUT2D eigenvalue weighted by Gasteiger charge is 2.17. The zero-order valence-electron chi connectivity index (χ0n) is 12.9. The topological polar surface area (TPSA) is 125 Å². The maximum absolute atomic E-state index is 10.9. The number of benzene rings is 2. The van der Waals surface area contributed by atoms with Crippen LogP contribution in [0.2, 0.25) is 5.02 Å². The summed E-state index contributed by atoms with van der Waals surface area (Å²) in [6, 6.07) is 10.4. The molecule has 0 unspecified atom stereocenters. The SMILES string of the molecule is O=[N+]([O-])c1cc(CSc2nnc(-c3cccc(Cl)c3)o2)cc([N+](=O)[O-])c1. The molecule has 0 N–H and O–H groups in total. The molecule has 9 nitrogen and oxygen atoms in total. The van der Waals surface area contributed by atoms with Gasteiger partial charge in [0.15, 0.2) is 0 Å². The van der Waals surface area contributed by atoms with E-state index in [4.69, 9.17) is 16.0 Å². The molecule has 0 aliphatic rings. The van der Waals surface area contributed by atoms with Gasteiger partial charge in [0.05, 0.1) is 15.9 Å². The van der Waals surface area contributed by atoms with Gasteiger partial charge in [-0.2, -0.15) is 0 Å². The minimum Gasteiger partial charge on any atom is -0.411 e. The van der Waals surface area contributed by atoms with Crippen molar-refractivity contribution in [1.29, 1.82) is 0 Å². The van der Waals surface area contributed by atoms with Crippen molar-refractivity contribution in [3.63, 3.8) is 0 Å². The van der Waals surface area contributed by atoms with Crippen LogP contribution in [-0.4, -0.2) is 20.0 Å². The van der Waals surface area contributed by atoms with Gasteiger partial charge < -0.3 is 4.42 Å². The summed E-state index contributed by atoms with van der Waals surface area (Å²) >= 11 is 7.03. The Morgan fingerprint density at radius 1 is 1.04 bits per heavy atom. The molecule has 0 bridgehead atoms. The first kappa shape index (κ1) is 17.8. The minimum atomic E-state index is -0.675. The van der Waals surface area contributed by atoms with Gasteiger partial charge in [0, 0.05) is 28.5 Å². The van der Waals surface area contributed by atoms with E-state index in [2.05, 4.69) is 10.2 Å². The van der Waals surface area contributed by atoms with E-state index in [1.165, 1.54) is 12.1 Å². The predicted octanol–water partition coefficient (Wildman–Crippen LogP) is 4.50. The van der Waals surface area contributed by atoms with Gasteiger partial charge in [-0.05, 0) is 23.8 Å². The van der Waals surface area contributed by atoms with Crippen molar-refractivity contribution in [2.24, 2.45) is 0 Å². The van der Waals surface area contributed by atoms with Crippen molar-refractivity contribution < 1.29 is 14.3 Å². The van der Waals surface area contributed by atoms with E-state index in [1.54, 1.807) is 24.3 Å². The second kappa shape index (κ2) is 7.50. The zero-order chi connectivity index (χ0) is 18.7. The fourth-order valence-corrected chi connectivity index (χ4v) is 2.99. The number of rotatable bonds is 6. The number of hydrogen-bond donors (Lipinski definition) is 0. The molecule has 3 rings (SSSR count). The minimum absolute atomic E-state index is 0.194. The third-order valence-electron chi connectivity index (χ3n) is 3.22. The second-order valence-corrected chi connectivity index (χ2v) is 6.41. The van der Waals surface area contributed by atoms with Crippen LogP contribution in [0.1, 0.15) is 5.56 Å². The standard InChI is InChI=1S/C15H9ClN4O5S/c16-11-3-1-2-10(6-11)14-17-18-15(25-14)26-8-9-4-12(19(21)22)7-13(5-9)20(23)24/h1-7H,8H2. The van der Waals surface area contributed by atoms with Gasteiger partial charge in [-0.3, -0.25) is 20.2 Å². The van der Waals surface area contributed by atoms with Gasteiger partial charge in [0.25, 0.3) is 16.6 Å². The van der Waals surface area contributed by atoms with Crippen molar-refractivity contribution in [3.8, 4) is 11.5 Å². The predicted molar refractivity (Wildman–Crippen MR) is 94.1 cm³/mol. The van der Waals surface area contributed by atoms with Gasteiger partial charge in [-0.1, -0.05) is 29.4 Å². The van der Waals surface area contributed by atoms with Crippen LogP contribution in [0.3, 0.4) is 0 Å². The highest BCUT2D eigenvalue weighted by atomic mass is 35.5. The third-order valence-corrected chi connectivity index (χ3v) is 4.35. The third kappa shape index (κ3) is 4.16. The summed E-state index contributed by atoms with van der Waals surface area (Å²) in [5, 5.41) is 30.4. The Labute approximate surface area is 155 Å². The smallest absolute Gasteiger partial charge is 0.277 e. The maximum Gasteiger partial charge on any atom is 0.277 e. The number of aromatic nitrogens is 2. The molecule has 132 valence electrons. The largest absolute Gasteiger partial charge is 0.411 e. The first-order valence-electron chi connectivity index (χ1n) is 7.07. The van der Waals surface area contributed by atoms with Gasteiger partial charge in [0.2, 0.25) is 5.89 Å². The number of nitrogens with zero attached hydrogens (tertiary/aromatic N) is 4. The lowest BCUT2D eigenvalue weighted by molar-refractivity contribution is -0.394. The fourth-order valence-electron chi connectivity index (χ4n) is 2.10. The number of halogens is 1. The Kier molecular flexibility index (Phi) is 5.14. The lowest BCUT2D eigenvalue weighted by Gasteiger charge is -2.00. The second-order valence-electron chi connectivity index (χ2n) is 5.04. The van der Waals surface area contributed by atoms with Crippen LogP contribution in [0.5, 0.6) is 0 Å². The first-order valence-corrected chi connectivity index (χ1v) is 8.44. The van der Waals surface area contributed by atoms with Crippen LogP contribution < -0.4 is 0 Å². The van der Waals surface area contributed by atoms with Crippen molar-refractivity contribution >= 4 is 34.7 Å². The quantitative estimate of drug-likeness (QED) is 0.341. The van der Waals surface area contributed by atoms with E-state index < -0.39 is 9.85 Å². The summed E-state index contributed by atoms with van der Waals surface area (Å²) in [5.74, 6) is 0.472. The Morgan fingerprint density at radius 3 is 2.35 bits per heavy atom. The Morgan fingerprint density at radius 2 is 1.73 bits per heavy atom. The molecule has 1 heterocycles. The van der Waals surface area contributed by atoms with Crippen molar-refractivity contribution in [2.45, 2.75) is 11.0 Å². The van der Waals surface area contributed by atoms with E-state index in [9.17, 15) is 20.2 Å². The molecule has 0 saturated carbocycles. The number of nitro benzene ring substituents is 2. The molecule has 0 saturated heterocycles. The number of thioether (sulfide) groups is 1. The molecule has 26 heavy (non-hydrogen) atoms. The average molecular weight is 393 g/mol. The van der Waals surface area contributed by atoms with Gasteiger partial charge in [0.1, 0.15) is 0 Å². The van der Waals surface area contributed by atoms with E-state index in [0.29, 0.717) is 16.1 Å². The maximum atomic E-state index is 10.9. The number of nitro groups is 2. The van der Waals surface area contributed by atoms with Crippen LogP contribution in [0.4, 0.5) is 11.4 Å². The van der Waals surface area contributed by atoms with Crippen molar-refractivity contribution in [2.75, 3.05) is 0 Å². The Bertz CT molecular complexity index is 961. The molecular weight excluding hydrogens is 384 g/mol. The lowest BCUT2D eigenvalue weighted by Crippen LogP contribution is -1.95.